The van der Waals surface area contributed by atoms with Gasteiger partial charge in [0.05, 0.1) is 5.69 Å². The van der Waals surface area contributed by atoms with Gasteiger partial charge in [-0.25, -0.2) is 4.98 Å². The molecule has 34 heavy (non-hydrogen) atoms. The Hall–Kier alpha value is -3.78. The smallest absolute Gasteiger partial charge is 0.222 e. The average Bonchev–Trinajstić information content (AvgIpc) is 3.23. The molecule has 1 amide bonds. The Kier molecular flexibility index (Phi) is 5.75. The second-order valence-corrected chi connectivity index (χ2v) is 9.06. The standard InChI is InChI=1S/C26H29N7O/c1-16-11-20(12-17(2)25(16)33-9-7-32(4)8-10-33)23-13-21-22(15-28-26(21)31-30-23)19-5-6-24(27-14-19)29-18(3)34/h5-6,11-15H,7-10H2,1-4H3,(H,28,31)(H,27,29,34). The van der Waals surface area contributed by atoms with Crippen LogP contribution in [-0.4, -0.2) is 64.2 Å². The van der Waals surface area contributed by atoms with Crippen LogP contribution in [0.15, 0.2) is 42.7 Å². The summed E-state index contributed by atoms with van der Waals surface area (Å²) >= 11 is 0. The Morgan fingerprint density at radius 2 is 1.74 bits per heavy atom. The molecule has 1 aromatic carbocycles. The van der Waals surface area contributed by atoms with Crippen LogP contribution in [-0.2, 0) is 4.79 Å². The van der Waals surface area contributed by atoms with Gasteiger partial charge in [-0.1, -0.05) is 0 Å². The molecule has 0 atom stereocenters. The molecular weight excluding hydrogens is 426 g/mol. The molecule has 0 aliphatic carbocycles. The van der Waals surface area contributed by atoms with E-state index in [0.717, 1.165) is 59.6 Å². The van der Waals surface area contributed by atoms with Gasteiger partial charge in [-0.15, -0.1) is 10.2 Å². The van der Waals surface area contributed by atoms with Gasteiger partial charge in [0.15, 0.2) is 5.65 Å². The van der Waals surface area contributed by atoms with Crippen molar-refractivity contribution in [2.24, 2.45) is 0 Å². The molecule has 174 valence electrons. The zero-order valence-electron chi connectivity index (χ0n) is 20.0. The van der Waals surface area contributed by atoms with Gasteiger partial charge < -0.3 is 20.1 Å². The third kappa shape index (κ3) is 4.24. The number of piperazine rings is 1. The molecule has 4 aromatic rings. The maximum Gasteiger partial charge on any atom is 0.222 e. The van der Waals surface area contributed by atoms with Gasteiger partial charge >= 0.3 is 0 Å². The topological polar surface area (TPSA) is 90.0 Å². The SMILES string of the molecule is CC(=O)Nc1ccc(-c2c[nH]c3nnc(-c4cc(C)c(N5CCN(C)CC5)c(C)c4)cc23)cn1. The molecule has 1 saturated heterocycles. The lowest BCUT2D eigenvalue weighted by molar-refractivity contribution is -0.114. The molecule has 8 heteroatoms. The van der Waals surface area contributed by atoms with Crippen LogP contribution >= 0.6 is 0 Å². The minimum atomic E-state index is -0.142. The van der Waals surface area contributed by atoms with Crippen LogP contribution in [0.4, 0.5) is 11.5 Å². The molecule has 1 aliphatic rings. The first kappa shape index (κ1) is 22.0. The second kappa shape index (κ2) is 8.87. The largest absolute Gasteiger partial charge is 0.369 e. The van der Waals surface area contributed by atoms with E-state index < -0.39 is 0 Å². The lowest BCUT2D eigenvalue weighted by Gasteiger charge is -2.36. The van der Waals surface area contributed by atoms with Crippen LogP contribution in [0.25, 0.3) is 33.4 Å². The van der Waals surface area contributed by atoms with Gasteiger partial charge in [-0.3, -0.25) is 4.79 Å². The summed E-state index contributed by atoms with van der Waals surface area (Å²) in [7, 11) is 2.18. The molecule has 1 aliphatic heterocycles. The molecule has 3 aromatic heterocycles. The van der Waals surface area contributed by atoms with Gasteiger partial charge in [-0.2, -0.15) is 0 Å². The minimum Gasteiger partial charge on any atom is -0.369 e. The number of H-pyrrole nitrogens is 1. The molecule has 0 radical (unpaired) electrons. The van der Waals surface area contributed by atoms with Crippen LogP contribution in [0.1, 0.15) is 18.1 Å². The van der Waals surface area contributed by atoms with Crippen LogP contribution in [0.5, 0.6) is 0 Å². The number of aromatic nitrogens is 4. The number of pyridine rings is 1. The van der Waals surface area contributed by atoms with Crippen molar-refractivity contribution in [1.29, 1.82) is 0 Å². The van der Waals surface area contributed by atoms with Crippen molar-refractivity contribution < 1.29 is 4.79 Å². The van der Waals surface area contributed by atoms with Gasteiger partial charge in [0.25, 0.3) is 0 Å². The molecule has 0 spiro atoms. The van der Waals surface area contributed by atoms with E-state index in [2.05, 4.69) is 74.4 Å². The first-order valence-corrected chi connectivity index (χ1v) is 11.5. The van der Waals surface area contributed by atoms with E-state index in [4.69, 9.17) is 0 Å². The van der Waals surface area contributed by atoms with Crippen molar-refractivity contribution in [1.82, 2.24) is 25.1 Å². The average molecular weight is 456 g/mol. The second-order valence-electron chi connectivity index (χ2n) is 9.06. The van der Waals surface area contributed by atoms with E-state index in [1.807, 2.05) is 12.3 Å². The molecule has 0 unspecified atom stereocenters. The molecule has 8 nitrogen and oxygen atoms in total. The Bertz CT molecular complexity index is 1330. The van der Waals surface area contributed by atoms with E-state index >= 15 is 0 Å². The van der Waals surface area contributed by atoms with Crippen molar-refractivity contribution in [3.63, 3.8) is 0 Å². The minimum absolute atomic E-state index is 0.142. The van der Waals surface area contributed by atoms with Gasteiger partial charge in [0, 0.05) is 73.3 Å². The molecule has 0 saturated carbocycles. The maximum atomic E-state index is 11.3. The molecule has 0 bridgehead atoms. The highest BCUT2D eigenvalue weighted by atomic mass is 16.1. The Morgan fingerprint density at radius 1 is 1.00 bits per heavy atom. The van der Waals surface area contributed by atoms with Crippen LogP contribution in [0.3, 0.4) is 0 Å². The summed E-state index contributed by atoms with van der Waals surface area (Å²) in [6.45, 7) is 10.1. The summed E-state index contributed by atoms with van der Waals surface area (Å²) in [5.74, 6) is 0.388. The monoisotopic (exact) mass is 455 g/mol. The molecule has 4 heterocycles. The highest BCUT2D eigenvalue weighted by molar-refractivity contribution is 5.95. The van der Waals surface area contributed by atoms with Crippen molar-refractivity contribution in [3.8, 4) is 22.4 Å². The van der Waals surface area contributed by atoms with E-state index in [-0.39, 0.29) is 5.91 Å². The maximum absolute atomic E-state index is 11.3. The Balaban J connectivity index is 1.48. The third-order valence-corrected chi connectivity index (χ3v) is 6.42. The van der Waals surface area contributed by atoms with Gasteiger partial charge in [-0.05, 0) is 62.4 Å². The fourth-order valence-corrected chi connectivity index (χ4v) is 4.74. The van der Waals surface area contributed by atoms with Crippen molar-refractivity contribution >= 4 is 28.4 Å². The summed E-state index contributed by atoms with van der Waals surface area (Å²) in [6, 6.07) is 10.3. The summed E-state index contributed by atoms with van der Waals surface area (Å²) in [6.07, 6.45) is 3.68. The summed E-state index contributed by atoms with van der Waals surface area (Å²) in [5.41, 5.74) is 8.42. The van der Waals surface area contributed by atoms with Gasteiger partial charge in [0.2, 0.25) is 5.91 Å². The molecular formula is C26H29N7O. The number of carbonyl (C=O) groups is 1. The number of hydrogen-bond acceptors (Lipinski definition) is 6. The fraction of sp³-hybridized carbons (Fsp3) is 0.308. The number of hydrogen-bond donors (Lipinski definition) is 2. The highest BCUT2D eigenvalue weighted by Gasteiger charge is 2.19. The first-order chi connectivity index (χ1) is 16.4. The quantitative estimate of drug-likeness (QED) is 0.483. The number of aryl methyl sites for hydroxylation is 2. The number of fused-ring (bicyclic) bond motifs is 1. The Labute approximate surface area is 199 Å². The molecule has 2 N–H and O–H groups in total. The number of nitrogens with one attached hydrogen (secondary N) is 2. The zero-order chi connectivity index (χ0) is 23.8. The normalized spacial score (nSPS) is 14.5. The summed E-state index contributed by atoms with van der Waals surface area (Å²) in [5, 5.41) is 12.6. The number of nitrogens with zero attached hydrogens (tertiary/aromatic N) is 5. The number of rotatable bonds is 4. The predicted octanol–water partition coefficient (Wildman–Crippen LogP) is 4.01. The van der Waals surface area contributed by atoms with E-state index in [9.17, 15) is 4.79 Å². The Morgan fingerprint density at radius 3 is 2.38 bits per heavy atom. The number of aromatic amines is 1. The fourth-order valence-electron chi connectivity index (χ4n) is 4.74. The predicted molar refractivity (Wildman–Crippen MR) is 136 cm³/mol. The lowest BCUT2D eigenvalue weighted by atomic mass is 9.99. The van der Waals surface area contributed by atoms with E-state index in [0.29, 0.717) is 5.82 Å². The van der Waals surface area contributed by atoms with Gasteiger partial charge in [0.1, 0.15) is 5.82 Å². The van der Waals surface area contributed by atoms with Crippen LogP contribution in [0.2, 0.25) is 0 Å². The summed E-state index contributed by atoms with van der Waals surface area (Å²) < 4.78 is 0. The zero-order valence-corrected chi connectivity index (χ0v) is 20.0. The number of carbonyl (C=O) groups excluding carboxylic acids is 1. The highest BCUT2D eigenvalue weighted by Crippen LogP contribution is 2.33. The third-order valence-electron chi connectivity index (χ3n) is 6.42. The molecule has 1 fully saturated rings. The summed E-state index contributed by atoms with van der Waals surface area (Å²) in [4.78, 5) is 23.7. The first-order valence-electron chi connectivity index (χ1n) is 11.5. The van der Waals surface area contributed by atoms with E-state index in [1.54, 1.807) is 12.3 Å². The van der Waals surface area contributed by atoms with Crippen molar-refractivity contribution in [3.05, 3.63) is 53.9 Å². The lowest BCUT2D eigenvalue weighted by Crippen LogP contribution is -2.45. The van der Waals surface area contributed by atoms with Crippen molar-refractivity contribution in [2.45, 2.75) is 20.8 Å². The van der Waals surface area contributed by atoms with Crippen LogP contribution < -0.4 is 10.2 Å². The van der Waals surface area contributed by atoms with Crippen LogP contribution in [0, 0.1) is 13.8 Å². The van der Waals surface area contributed by atoms with Crippen molar-refractivity contribution in [2.75, 3.05) is 43.4 Å². The number of anilines is 2. The number of amides is 1. The number of benzene rings is 1. The van der Waals surface area contributed by atoms with E-state index in [1.165, 1.54) is 23.7 Å². The number of likely N-dealkylation sites (N-methyl/N-ethyl adjacent to an activating group) is 1. The molecule has 5 rings (SSSR count).